The molecule has 0 radical (unpaired) electrons. The van der Waals surface area contributed by atoms with Crippen LogP contribution in [0.5, 0.6) is 0 Å². The number of rotatable bonds is 4. The Morgan fingerprint density at radius 1 is 1.40 bits per heavy atom. The first-order valence-electron chi connectivity index (χ1n) is 6.48. The second-order valence-corrected chi connectivity index (χ2v) is 4.77. The van der Waals surface area contributed by atoms with Crippen molar-refractivity contribution in [2.45, 2.75) is 26.8 Å². The number of aromatic nitrogens is 2. The van der Waals surface area contributed by atoms with Crippen molar-refractivity contribution in [1.82, 2.24) is 9.78 Å². The number of hydrogen-bond acceptors (Lipinski definition) is 3. The molecule has 4 nitrogen and oxygen atoms in total. The molecule has 5 heteroatoms. The molecular weight excluding hydrogens is 255 g/mol. The maximum Gasteiger partial charge on any atom is 0.140 e. The molecule has 0 fully saturated rings. The minimum Gasteiger partial charge on any atom is -0.330 e. The van der Waals surface area contributed by atoms with Crippen molar-refractivity contribution in [1.29, 1.82) is 5.26 Å². The van der Waals surface area contributed by atoms with Crippen LogP contribution in [0.3, 0.4) is 0 Å². The molecule has 0 saturated carbocycles. The zero-order chi connectivity index (χ0) is 14.7. The lowest BCUT2D eigenvalue weighted by molar-refractivity contribution is 0.618. The lowest BCUT2D eigenvalue weighted by atomic mass is 10.1. The maximum atomic E-state index is 13.3. The molecule has 0 unspecified atom stereocenters. The molecule has 20 heavy (non-hydrogen) atoms. The van der Waals surface area contributed by atoms with Crippen LogP contribution >= 0.6 is 0 Å². The zero-order valence-corrected chi connectivity index (χ0v) is 11.7. The molecule has 0 amide bonds. The van der Waals surface area contributed by atoms with Crippen molar-refractivity contribution in [2.24, 2.45) is 5.73 Å². The van der Waals surface area contributed by atoms with E-state index in [4.69, 9.17) is 11.0 Å². The Kier molecular flexibility index (Phi) is 4.16. The summed E-state index contributed by atoms with van der Waals surface area (Å²) in [4.78, 5) is 0. The van der Waals surface area contributed by atoms with Crippen LogP contribution in [0.1, 0.15) is 28.1 Å². The molecule has 0 bridgehead atoms. The Labute approximate surface area is 117 Å². The van der Waals surface area contributed by atoms with Gasteiger partial charge in [0.15, 0.2) is 0 Å². The van der Waals surface area contributed by atoms with E-state index in [1.165, 1.54) is 6.07 Å². The van der Waals surface area contributed by atoms with Gasteiger partial charge in [0.25, 0.3) is 0 Å². The van der Waals surface area contributed by atoms with Gasteiger partial charge in [-0.1, -0.05) is 6.07 Å². The van der Waals surface area contributed by atoms with Crippen molar-refractivity contribution in [3.63, 3.8) is 0 Å². The monoisotopic (exact) mass is 272 g/mol. The van der Waals surface area contributed by atoms with Crippen molar-refractivity contribution in [2.75, 3.05) is 6.54 Å². The maximum absolute atomic E-state index is 13.3. The Morgan fingerprint density at radius 3 is 2.80 bits per heavy atom. The molecule has 0 saturated heterocycles. The standard InChI is InChI=1S/C15H17FN4/c1-10-14(5-6-17)11(2)20(19-10)9-12-3-4-15(16)13(7-12)8-18/h3-4,7H,5-6,9,17H2,1-2H3. The fourth-order valence-electron chi connectivity index (χ4n) is 2.32. The van der Waals surface area contributed by atoms with E-state index in [1.54, 1.807) is 12.1 Å². The number of hydrogen-bond donors (Lipinski definition) is 1. The van der Waals surface area contributed by atoms with Crippen LogP contribution in [0.4, 0.5) is 4.39 Å². The van der Waals surface area contributed by atoms with E-state index in [-0.39, 0.29) is 5.56 Å². The quantitative estimate of drug-likeness (QED) is 0.926. The van der Waals surface area contributed by atoms with E-state index < -0.39 is 5.82 Å². The van der Waals surface area contributed by atoms with Gasteiger partial charge >= 0.3 is 0 Å². The van der Waals surface area contributed by atoms with Crippen molar-refractivity contribution in [3.05, 3.63) is 52.1 Å². The first-order chi connectivity index (χ1) is 9.56. The van der Waals surface area contributed by atoms with Gasteiger partial charge in [-0.3, -0.25) is 4.68 Å². The summed E-state index contributed by atoms with van der Waals surface area (Å²) in [6.45, 7) is 5.06. The van der Waals surface area contributed by atoms with Crippen LogP contribution in [0.2, 0.25) is 0 Å². The fourth-order valence-corrected chi connectivity index (χ4v) is 2.32. The number of nitrogens with zero attached hydrogens (tertiary/aromatic N) is 3. The Balaban J connectivity index is 2.31. The SMILES string of the molecule is Cc1nn(Cc2ccc(F)c(C#N)c2)c(C)c1CCN. The molecule has 1 aromatic carbocycles. The molecule has 0 atom stereocenters. The average molecular weight is 272 g/mol. The molecule has 1 heterocycles. The van der Waals surface area contributed by atoms with Gasteiger partial charge in [-0.05, 0) is 50.1 Å². The molecule has 0 aliphatic heterocycles. The minimum absolute atomic E-state index is 0.0613. The molecule has 0 aliphatic rings. The number of benzene rings is 1. The Morgan fingerprint density at radius 2 is 2.15 bits per heavy atom. The molecule has 2 aromatic rings. The summed E-state index contributed by atoms with van der Waals surface area (Å²) in [7, 11) is 0. The van der Waals surface area contributed by atoms with Gasteiger partial charge in [0, 0.05) is 5.69 Å². The second kappa shape index (κ2) is 5.85. The van der Waals surface area contributed by atoms with E-state index in [2.05, 4.69) is 5.10 Å². The van der Waals surface area contributed by atoms with E-state index in [1.807, 2.05) is 24.6 Å². The van der Waals surface area contributed by atoms with Crippen LogP contribution in [-0.2, 0) is 13.0 Å². The molecule has 0 aliphatic carbocycles. The highest BCUT2D eigenvalue weighted by molar-refractivity contribution is 5.35. The van der Waals surface area contributed by atoms with E-state index in [0.717, 1.165) is 28.9 Å². The molecule has 2 rings (SSSR count). The van der Waals surface area contributed by atoms with Crippen LogP contribution in [0, 0.1) is 31.0 Å². The lowest BCUT2D eigenvalue weighted by Gasteiger charge is -2.06. The van der Waals surface area contributed by atoms with Crippen LogP contribution in [0.25, 0.3) is 0 Å². The smallest absolute Gasteiger partial charge is 0.140 e. The van der Waals surface area contributed by atoms with Crippen molar-refractivity contribution in [3.8, 4) is 6.07 Å². The van der Waals surface area contributed by atoms with Crippen LogP contribution in [-0.4, -0.2) is 16.3 Å². The normalized spacial score (nSPS) is 10.6. The summed E-state index contributed by atoms with van der Waals surface area (Å²) in [6.07, 6.45) is 0.796. The van der Waals surface area contributed by atoms with Gasteiger partial charge in [-0.25, -0.2) is 4.39 Å². The summed E-state index contributed by atoms with van der Waals surface area (Å²) >= 11 is 0. The topological polar surface area (TPSA) is 67.6 Å². The van der Waals surface area contributed by atoms with E-state index >= 15 is 0 Å². The van der Waals surface area contributed by atoms with Crippen molar-refractivity contribution < 1.29 is 4.39 Å². The van der Waals surface area contributed by atoms with Gasteiger partial charge in [-0.2, -0.15) is 10.4 Å². The fraction of sp³-hybridized carbons (Fsp3) is 0.333. The largest absolute Gasteiger partial charge is 0.330 e. The highest BCUT2D eigenvalue weighted by Crippen LogP contribution is 2.16. The van der Waals surface area contributed by atoms with Gasteiger partial charge in [0.05, 0.1) is 17.8 Å². The first-order valence-corrected chi connectivity index (χ1v) is 6.48. The molecule has 0 spiro atoms. The second-order valence-electron chi connectivity index (χ2n) is 4.77. The molecule has 104 valence electrons. The van der Waals surface area contributed by atoms with Gasteiger partial charge < -0.3 is 5.73 Å². The Hall–Kier alpha value is -2.19. The minimum atomic E-state index is -0.492. The third kappa shape index (κ3) is 2.70. The third-order valence-corrected chi connectivity index (χ3v) is 3.41. The predicted octanol–water partition coefficient (Wildman–Crippen LogP) is 2.06. The number of nitrogens with two attached hydrogens (primary N) is 1. The summed E-state index contributed by atoms with van der Waals surface area (Å²) < 4.78 is 15.2. The summed E-state index contributed by atoms with van der Waals surface area (Å²) in [5, 5.41) is 13.3. The van der Waals surface area contributed by atoms with Gasteiger partial charge in [0.1, 0.15) is 11.9 Å². The average Bonchev–Trinajstić information content (AvgIpc) is 2.69. The zero-order valence-electron chi connectivity index (χ0n) is 11.7. The van der Waals surface area contributed by atoms with Crippen molar-refractivity contribution >= 4 is 0 Å². The number of nitriles is 1. The molecule has 1 aromatic heterocycles. The Bertz CT molecular complexity index is 667. The van der Waals surface area contributed by atoms with Gasteiger partial charge in [0.2, 0.25) is 0 Å². The van der Waals surface area contributed by atoms with Crippen LogP contribution < -0.4 is 5.73 Å². The first kappa shape index (κ1) is 14.2. The number of aryl methyl sites for hydroxylation is 1. The predicted molar refractivity (Wildman–Crippen MR) is 74.7 cm³/mol. The van der Waals surface area contributed by atoms with Crippen LogP contribution in [0.15, 0.2) is 18.2 Å². The third-order valence-electron chi connectivity index (χ3n) is 3.41. The summed E-state index contributed by atoms with van der Waals surface area (Å²) in [5.74, 6) is -0.492. The molecular formula is C15H17FN4. The van der Waals surface area contributed by atoms with E-state index in [0.29, 0.717) is 13.1 Å². The summed E-state index contributed by atoms with van der Waals surface area (Å²) in [5.41, 5.74) is 9.71. The van der Waals surface area contributed by atoms with E-state index in [9.17, 15) is 4.39 Å². The highest BCUT2D eigenvalue weighted by atomic mass is 19.1. The summed E-state index contributed by atoms with van der Waals surface area (Å²) in [6, 6.07) is 6.41. The lowest BCUT2D eigenvalue weighted by Crippen LogP contribution is -2.07. The van der Waals surface area contributed by atoms with Gasteiger partial charge in [-0.15, -0.1) is 0 Å². The molecule has 2 N–H and O–H groups in total. The highest BCUT2D eigenvalue weighted by Gasteiger charge is 2.11. The number of halogens is 1.